The average Bonchev–Trinajstić information content (AvgIpc) is 3.60. The Kier molecular flexibility index (Phi) is 5.32. The molecular weight excluding hydrogens is 461 g/mol. The maximum atomic E-state index is 13.7. The maximum absolute atomic E-state index is 13.7. The molecule has 4 heterocycles. The first-order valence-corrected chi connectivity index (χ1v) is 11.9. The molecule has 182 valence electrons. The number of para-hydroxylation sites is 2. The van der Waals surface area contributed by atoms with Gasteiger partial charge in [0, 0.05) is 25.2 Å². The average molecular weight is 486 g/mol. The van der Waals surface area contributed by atoms with Crippen molar-refractivity contribution in [1.82, 2.24) is 24.2 Å². The van der Waals surface area contributed by atoms with Crippen LogP contribution in [0.4, 0.5) is 4.39 Å². The van der Waals surface area contributed by atoms with Gasteiger partial charge in [0.15, 0.2) is 5.76 Å². The second kappa shape index (κ2) is 8.67. The lowest BCUT2D eigenvalue weighted by Crippen LogP contribution is -2.41. The fourth-order valence-electron chi connectivity index (χ4n) is 4.93. The van der Waals surface area contributed by atoms with Gasteiger partial charge < -0.3 is 14.3 Å². The molecule has 8 nitrogen and oxygen atoms in total. The van der Waals surface area contributed by atoms with E-state index in [4.69, 9.17) is 4.42 Å². The zero-order chi connectivity index (χ0) is 24.8. The molecule has 36 heavy (non-hydrogen) atoms. The summed E-state index contributed by atoms with van der Waals surface area (Å²) in [5.74, 6) is 0.755. The van der Waals surface area contributed by atoms with E-state index in [1.165, 1.54) is 16.8 Å². The molecule has 1 saturated heterocycles. The standard InChI is InChI=1S/C27H24FN5O3/c1-17-6-11-25(36-17)22-16-24(33(30-22)20-9-7-18(28)8-10-20)26(34)31-14-12-19(13-15-31)32-23-5-3-2-4-21(23)29-27(32)35/h2-11,16,19H,12-15H2,1H3,(H,29,35). The van der Waals surface area contributed by atoms with Crippen LogP contribution in [0.25, 0.3) is 28.2 Å². The lowest BCUT2D eigenvalue weighted by atomic mass is 10.0. The molecule has 0 unspecified atom stereocenters. The van der Waals surface area contributed by atoms with Gasteiger partial charge in [0.05, 0.1) is 16.7 Å². The normalized spacial score (nSPS) is 14.6. The van der Waals surface area contributed by atoms with E-state index in [9.17, 15) is 14.0 Å². The predicted octanol–water partition coefficient (Wildman–Crippen LogP) is 4.70. The molecule has 5 aromatic rings. The lowest BCUT2D eigenvalue weighted by Gasteiger charge is -2.32. The molecule has 1 amide bonds. The molecule has 1 N–H and O–H groups in total. The third kappa shape index (κ3) is 3.82. The van der Waals surface area contributed by atoms with Crippen molar-refractivity contribution >= 4 is 16.9 Å². The van der Waals surface area contributed by atoms with E-state index in [0.717, 1.165) is 16.8 Å². The van der Waals surface area contributed by atoms with Crippen molar-refractivity contribution in [2.45, 2.75) is 25.8 Å². The van der Waals surface area contributed by atoms with Gasteiger partial charge in [-0.25, -0.2) is 13.9 Å². The lowest BCUT2D eigenvalue weighted by molar-refractivity contribution is 0.0685. The zero-order valence-electron chi connectivity index (χ0n) is 19.6. The Hall–Kier alpha value is -4.40. The van der Waals surface area contributed by atoms with Crippen LogP contribution < -0.4 is 5.69 Å². The smallest absolute Gasteiger partial charge is 0.326 e. The third-order valence-electron chi connectivity index (χ3n) is 6.73. The molecule has 0 spiro atoms. The van der Waals surface area contributed by atoms with Crippen molar-refractivity contribution in [2.75, 3.05) is 13.1 Å². The summed E-state index contributed by atoms with van der Waals surface area (Å²) in [4.78, 5) is 31.0. The summed E-state index contributed by atoms with van der Waals surface area (Å²) in [5.41, 5.74) is 3.03. The van der Waals surface area contributed by atoms with Crippen LogP contribution in [0.3, 0.4) is 0 Å². The number of piperidine rings is 1. The van der Waals surface area contributed by atoms with Crippen molar-refractivity contribution in [3.63, 3.8) is 0 Å². The van der Waals surface area contributed by atoms with Gasteiger partial charge >= 0.3 is 5.69 Å². The van der Waals surface area contributed by atoms with Crippen LogP contribution in [0.5, 0.6) is 0 Å². The number of furan rings is 1. The minimum absolute atomic E-state index is 0.00126. The molecule has 1 aliphatic rings. The van der Waals surface area contributed by atoms with E-state index in [2.05, 4.69) is 10.1 Å². The van der Waals surface area contributed by atoms with Crippen LogP contribution in [-0.2, 0) is 0 Å². The van der Waals surface area contributed by atoms with Gasteiger partial charge in [-0.1, -0.05) is 12.1 Å². The van der Waals surface area contributed by atoms with Crippen LogP contribution in [0.2, 0.25) is 0 Å². The predicted molar refractivity (Wildman–Crippen MR) is 133 cm³/mol. The number of nitrogens with one attached hydrogen (secondary N) is 1. The number of benzene rings is 2. The number of aryl methyl sites for hydroxylation is 1. The fraction of sp³-hybridized carbons (Fsp3) is 0.222. The topological polar surface area (TPSA) is 89.1 Å². The van der Waals surface area contributed by atoms with Crippen molar-refractivity contribution in [3.05, 3.63) is 94.5 Å². The van der Waals surface area contributed by atoms with Gasteiger partial charge in [-0.05, 0) is 68.3 Å². The molecule has 1 fully saturated rings. The molecule has 2 aromatic carbocycles. The van der Waals surface area contributed by atoms with Gasteiger partial charge in [0.25, 0.3) is 5.91 Å². The number of aromatic amines is 1. The molecule has 0 radical (unpaired) electrons. The summed E-state index contributed by atoms with van der Waals surface area (Å²) in [7, 11) is 0. The van der Waals surface area contributed by atoms with E-state index in [-0.39, 0.29) is 23.5 Å². The van der Waals surface area contributed by atoms with Gasteiger partial charge in [-0.2, -0.15) is 5.10 Å². The van der Waals surface area contributed by atoms with Crippen molar-refractivity contribution in [3.8, 4) is 17.1 Å². The number of carbonyl (C=O) groups excluding carboxylic acids is 1. The number of likely N-dealkylation sites (tertiary alicyclic amines) is 1. The van der Waals surface area contributed by atoms with Crippen LogP contribution in [0.1, 0.15) is 35.1 Å². The Morgan fingerprint density at radius 2 is 1.81 bits per heavy atom. The summed E-state index contributed by atoms with van der Waals surface area (Å²) < 4.78 is 22.6. The highest BCUT2D eigenvalue weighted by atomic mass is 19.1. The van der Waals surface area contributed by atoms with Gasteiger partial charge in [-0.15, -0.1) is 0 Å². The second-order valence-electron chi connectivity index (χ2n) is 9.05. The highest BCUT2D eigenvalue weighted by molar-refractivity contribution is 5.94. The van der Waals surface area contributed by atoms with Crippen LogP contribution in [0, 0.1) is 12.7 Å². The molecule has 0 saturated carbocycles. The highest BCUT2D eigenvalue weighted by Crippen LogP contribution is 2.28. The van der Waals surface area contributed by atoms with E-state index >= 15 is 0 Å². The SMILES string of the molecule is Cc1ccc(-c2cc(C(=O)N3CCC(n4c(=O)[nH]c5ccccc54)CC3)n(-c3ccc(F)cc3)n2)o1. The quantitative estimate of drug-likeness (QED) is 0.400. The Labute approximate surface area is 205 Å². The first-order chi connectivity index (χ1) is 17.5. The van der Waals surface area contributed by atoms with Crippen molar-refractivity contribution in [2.24, 2.45) is 0 Å². The van der Waals surface area contributed by atoms with E-state index in [1.54, 1.807) is 27.7 Å². The van der Waals surface area contributed by atoms with Gasteiger partial charge in [0.1, 0.15) is 23.0 Å². The number of aromatic nitrogens is 4. The number of nitrogens with zero attached hydrogens (tertiary/aromatic N) is 4. The Morgan fingerprint density at radius 1 is 1.06 bits per heavy atom. The number of carbonyl (C=O) groups is 1. The molecule has 0 atom stereocenters. The largest absolute Gasteiger partial charge is 0.460 e. The number of hydrogen-bond acceptors (Lipinski definition) is 4. The summed E-state index contributed by atoms with van der Waals surface area (Å²) in [6.45, 7) is 2.84. The highest BCUT2D eigenvalue weighted by Gasteiger charge is 2.29. The van der Waals surface area contributed by atoms with Crippen molar-refractivity contribution < 1.29 is 13.6 Å². The summed E-state index contributed by atoms with van der Waals surface area (Å²) in [6.07, 6.45) is 1.31. The molecule has 0 aliphatic carbocycles. The molecule has 0 bridgehead atoms. The molecule has 6 rings (SSSR count). The van der Waals surface area contributed by atoms with Crippen LogP contribution in [0.15, 0.2) is 75.9 Å². The number of H-pyrrole nitrogens is 1. The fourth-order valence-corrected chi connectivity index (χ4v) is 4.93. The molecular formula is C27H24FN5O3. The Morgan fingerprint density at radius 3 is 2.53 bits per heavy atom. The summed E-state index contributed by atoms with van der Waals surface area (Å²) >= 11 is 0. The summed E-state index contributed by atoms with van der Waals surface area (Å²) in [6, 6.07) is 18.9. The van der Waals surface area contributed by atoms with Crippen LogP contribution >= 0.6 is 0 Å². The van der Waals surface area contributed by atoms with Crippen molar-refractivity contribution in [1.29, 1.82) is 0 Å². The number of imidazole rings is 1. The van der Waals surface area contributed by atoms with Gasteiger partial charge in [-0.3, -0.25) is 9.36 Å². The first-order valence-electron chi connectivity index (χ1n) is 11.9. The monoisotopic (exact) mass is 485 g/mol. The van der Waals surface area contributed by atoms with Crippen LogP contribution in [-0.4, -0.2) is 43.2 Å². The number of rotatable bonds is 4. The number of fused-ring (bicyclic) bond motifs is 1. The third-order valence-corrected chi connectivity index (χ3v) is 6.73. The minimum atomic E-state index is -0.365. The van der Waals surface area contributed by atoms with E-state index in [0.29, 0.717) is 48.8 Å². The summed E-state index contributed by atoms with van der Waals surface area (Å²) in [5, 5.41) is 4.61. The second-order valence-corrected chi connectivity index (χ2v) is 9.05. The molecule has 3 aromatic heterocycles. The minimum Gasteiger partial charge on any atom is -0.460 e. The zero-order valence-corrected chi connectivity index (χ0v) is 19.6. The Bertz CT molecular complexity index is 1620. The van der Waals surface area contributed by atoms with Gasteiger partial charge in [0.2, 0.25) is 0 Å². The number of halogens is 1. The number of hydrogen-bond donors (Lipinski definition) is 1. The maximum Gasteiger partial charge on any atom is 0.326 e. The first kappa shape index (κ1) is 22.1. The Balaban J connectivity index is 1.29. The van der Waals surface area contributed by atoms with E-state index < -0.39 is 0 Å². The molecule has 1 aliphatic heterocycles. The number of amides is 1. The van der Waals surface area contributed by atoms with E-state index in [1.807, 2.05) is 43.3 Å². The molecule has 9 heteroatoms.